The Morgan fingerprint density at radius 2 is 2.00 bits per heavy atom. The fraction of sp³-hybridized carbons (Fsp3) is 1.00. The number of unbranched alkanes of at least 4 members (excludes halogenated alkanes) is 2. The number of nitrogens with zero attached hydrogens (tertiary/aromatic N) is 1. The van der Waals surface area contributed by atoms with Gasteiger partial charge in [-0.3, -0.25) is 0 Å². The lowest BCUT2D eigenvalue weighted by Crippen LogP contribution is -2.43. The van der Waals surface area contributed by atoms with Crippen molar-refractivity contribution >= 4 is 0 Å². The third-order valence-electron chi connectivity index (χ3n) is 3.37. The molecule has 0 aliphatic carbocycles. The Labute approximate surface area is 93.1 Å². The highest BCUT2D eigenvalue weighted by Crippen LogP contribution is 2.28. The number of rotatable bonds is 6. The molecule has 0 amide bonds. The predicted molar refractivity (Wildman–Crippen MR) is 61.8 cm³/mol. The van der Waals surface area contributed by atoms with Crippen molar-refractivity contribution in [1.82, 2.24) is 4.90 Å². The van der Waals surface area contributed by atoms with Gasteiger partial charge < -0.3 is 15.1 Å². The van der Waals surface area contributed by atoms with Crippen molar-refractivity contribution in [2.75, 3.05) is 32.8 Å². The van der Waals surface area contributed by atoms with Gasteiger partial charge in [0.2, 0.25) is 0 Å². The van der Waals surface area contributed by atoms with E-state index in [2.05, 4.69) is 11.8 Å². The van der Waals surface area contributed by atoms with Gasteiger partial charge in [-0.1, -0.05) is 6.92 Å². The maximum absolute atomic E-state index is 9.32. The molecule has 3 heteroatoms. The molecule has 0 aromatic carbocycles. The number of piperidine rings is 1. The topological polar surface area (TPSA) is 43.7 Å². The Morgan fingerprint density at radius 3 is 2.67 bits per heavy atom. The minimum atomic E-state index is 0.120. The smallest absolute Gasteiger partial charge is 0.0497 e. The Morgan fingerprint density at radius 1 is 1.20 bits per heavy atom. The zero-order chi connectivity index (χ0) is 11.1. The third-order valence-corrected chi connectivity index (χ3v) is 3.37. The average Bonchev–Trinajstić information content (AvgIpc) is 2.25. The number of aliphatic hydroxyl groups excluding tert-OH is 2. The van der Waals surface area contributed by atoms with E-state index in [-0.39, 0.29) is 5.41 Å². The van der Waals surface area contributed by atoms with Crippen molar-refractivity contribution in [3.05, 3.63) is 0 Å². The van der Waals surface area contributed by atoms with Gasteiger partial charge in [-0.15, -0.1) is 0 Å². The van der Waals surface area contributed by atoms with Crippen LogP contribution in [0.4, 0.5) is 0 Å². The van der Waals surface area contributed by atoms with Crippen LogP contribution in [-0.2, 0) is 0 Å². The van der Waals surface area contributed by atoms with E-state index in [0.717, 1.165) is 32.4 Å². The van der Waals surface area contributed by atoms with E-state index in [4.69, 9.17) is 5.11 Å². The van der Waals surface area contributed by atoms with E-state index in [1.165, 1.54) is 19.4 Å². The van der Waals surface area contributed by atoms with Crippen LogP contribution in [0.1, 0.15) is 39.0 Å². The van der Waals surface area contributed by atoms with Crippen LogP contribution >= 0.6 is 0 Å². The summed E-state index contributed by atoms with van der Waals surface area (Å²) in [5.74, 6) is 0. The van der Waals surface area contributed by atoms with Crippen molar-refractivity contribution in [2.24, 2.45) is 5.41 Å². The molecule has 1 aliphatic heterocycles. The maximum atomic E-state index is 9.32. The maximum Gasteiger partial charge on any atom is 0.0497 e. The highest BCUT2D eigenvalue weighted by Gasteiger charge is 2.29. The molecule has 2 N–H and O–H groups in total. The van der Waals surface area contributed by atoms with Gasteiger partial charge in [-0.05, 0) is 45.2 Å². The second kappa shape index (κ2) is 6.46. The third kappa shape index (κ3) is 4.49. The van der Waals surface area contributed by atoms with Crippen molar-refractivity contribution in [3.8, 4) is 0 Å². The van der Waals surface area contributed by atoms with Crippen LogP contribution in [0.2, 0.25) is 0 Å². The average molecular weight is 215 g/mol. The van der Waals surface area contributed by atoms with Crippen LogP contribution in [0.25, 0.3) is 0 Å². The largest absolute Gasteiger partial charge is 0.396 e. The molecule has 3 nitrogen and oxygen atoms in total. The molecule has 1 heterocycles. The number of aliphatic hydroxyl groups is 2. The van der Waals surface area contributed by atoms with Gasteiger partial charge >= 0.3 is 0 Å². The first kappa shape index (κ1) is 12.9. The van der Waals surface area contributed by atoms with Crippen molar-refractivity contribution < 1.29 is 10.2 Å². The molecule has 90 valence electrons. The molecule has 1 unspecified atom stereocenters. The molecule has 15 heavy (non-hydrogen) atoms. The van der Waals surface area contributed by atoms with E-state index in [9.17, 15) is 5.11 Å². The zero-order valence-electron chi connectivity index (χ0n) is 9.91. The summed E-state index contributed by atoms with van der Waals surface area (Å²) in [6.45, 7) is 6.12. The fourth-order valence-electron chi connectivity index (χ4n) is 2.37. The van der Waals surface area contributed by atoms with Crippen LogP contribution in [0.3, 0.4) is 0 Å². The molecule has 1 saturated heterocycles. The van der Waals surface area contributed by atoms with Crippen molar-refractivity contribution in [3.63, 3.8) is 0 Å². The Bertz CT molecular complexity index is 175. The standard InChI is InChI=1S/C12H25NO2/c1-12(11-15)6-5-8-13(10-12)7-3-2-4-9-14/h14-15H,2-11H2,1H3. The lowest BCUT2D eigenvalue weighted by Gasteiger charge is -2.39. The van der Waals surface area contributed by atoms with E-state index in [1.807, 2.05) is 0 Å². The highest BCUT2D eigenvalue weighted by atomic mass is 16.3. The van der Waals surface area contributed by atoms with Crippen LogP contribution in [0.15, 0.2) is 0 Å². The summed E-state index contributed by atoms with van der Waals surface area (Å²) in [4.78, 5) is 2.46. The van der Waals surface area contributed by atoms with Gasteiger partial charge in [0.1, 0.15) is 0 Å². The quantitative estimate of drug-likeness (QED) is 0.655. The van der Waals surface area contributed by atoms with Gasteiger partial charge in [-0.25, -0.2) is 0 Å². The normalized spacial score (nSPS) is 28.2. The van der Waals surface area contributed by atoms with E-state index in [1.54, 1.807) is 0 Å². The summed E-state index contributed by atoms with van der Waals surface area (Å²) < 4.78 is 0. The predicted octanol–water partition coefficient (Wildman–Crippen LogP) is 1.24. The Hall–Kier alpha value is -0.120. The zero-order valence-corrected chi connectivity index (χ0v) is 9.91. The molecule has 1 fully saturated rings. The van der Waals surface area contributed by atoms with Gasteiger partial charge in [-0.2, -0.15) is 0 Å². The fourth-order valence-corrected chi connectivity index (χ4v) is 2.37. The second-order valence-corrected chi connectivity index (χ2v) is 5.13. The first-order valence-electron chi connectivity index (χ1n) is 6.14. The van der Waals surface area contributed by atoms with E-state index in [0.29, 0.717) is 13.2 Å². The van der Waals surface area contributed by atoms with Crippen LogP contribution in [-0.4, -0.2) is 48.0 Å². The molecule has 1 aliphatic rings. The van der Waals surface area contributed by atoms with Crippen molar-refractivity contribution in [1.29, 1.82) is 0 Å². The summed E-state index contributed by atoms with van der Waals surface area (Å²) in [5.41, 5.74) is 0.120. The molecule has 0 saturated carbocycles. The minimum Gasteiger partial charge on any atom is -0.396 e. The van der Waals surface area contributed by atoms with Gasteiger partial charge in [0.05, 0.1) is 0 Å². The molecular formula is C12H25NO2. The molecule has 0 bridgehead atoms. The van der Waals surface area contributed by atoms with Gasteiger partial charge in [0.25, 0.3) is 0 Å². The summed E-state index contributed by atoms with van der Waals surface area (Å²) in [6.07, 6.45) is 5.56. The van der Waals surface area contributed by atoms with Crippen LogP contribution in [0, 0.1) is 5.41 Å². The minimum absolute atomic E-state index is 0.120. The summed E-state index contributed by atoms with van der Waals surface area (Å²) in [7, 11) is 0. The molecule has 1 rings (SSSR count). The molecule has 1 atom stereocenters. The van der Waals surface area contributed by atoms with E-state index < -0.39 is 0 Å². The lowest BCUT2D eigenvalue weighted by atomic mass is 9.83. The second-order valence-electron chi connectivity index (χ2n) is 5.13. The summed E-state index contributed by atoms with van der Waals surface area (Å²) >= 11 is 0. The summed E-state index contributed by atoms with van der Waals surface area (Å²) in [5, 5.41) is 18.0. The van der Waals surface area contributed by atoms with Crippen molar-refractivity contribution in [2.45, 2.75) is 39.0 Å². The van der Waals surface area contributed by atoms with Crippen LogP contribution in [0.5, 0.6) is 0 Å². The molecule has 0 radical (unpaired) electrons. The van der Waals surface area contributed by atoms with Gasteiger partial charge in [0, 0.05) is 25.2 Å². The van der Waals surface area contributed by atoms with E-state index >= 15 is 0 Å². The number of hydrogen-bond donors (Lipinski definition) is 2. The van der Waals surface area contributed by atoms with Gasteiger partial charge in [0.15, 0.2) is 0 Å². The Kier molecular flexibility index (Phi) is 5.58. The SMILES string of the molecule is CC1(CO)CCCN(CCCCCO)C1. The summed E-state index contributed by atoms with van der Waals surface area (Å²) in [6, 6.07) is 0. The first-order valence-corrected chi connectivity index (χ1v) is 6.14. The molecule has 0 aromatic heterocycles. The number of hydrogen-bond acceptors (Lipinski definition) is 3. The molecule has 0 spiro atoms. The lowest BCUT2D eigenvalue weighted by molar-refractivity contribution is 0.0457. The highest BCUT2D eigenvalue weighted by molar-refractivity contribution is 4.82. The molecular weight excluding hydrogens is 190 g/mol. The number of likely N-dealkylation sites (tertiary alicyclic amines) is 1. The van der Waals surface area contributed by atoms with Crippen LogP contribution < -0.4 is 0 Å². The monoisotopic (exact) mass is 215 g/mol. The first-order chi connectivity index (χ1) is 7.20. The Balaban J connectivity index is 2.18. The molecule has 0 aromatic rings.